The van der Waals surface area contributed by atoms with E-state index in [-0.39, 0.29) is 12.2 Å². The van der Waals surface area contributed by atoms with E-state index < -0.39 is 0 Å². The topological polar surface area (TPSA) is 80.6 Å². The molecule has 1 aliphatic heterocycles. The maximum Gasteiger partial charge on any atom is 0.153 e. The molecule has 3 aliphatic rings. The number of rotatable bonds is 8. The predicted octanol–water partition coefficient (Wildman–Crippen LogP) is 2.69. The van der Waals surface area contributed by atoms with Gasteiger partial charge in [-0.1, -0.05) is 6.42 Å². The van der Waals surface area contributed by atoms with E-state index in [9.17, 15) is 0 Å². The van der Waals surface area contributed by atoms with Gasteiger partial charge in [-0.2, -0.15) is 10.2 Å². The Labute approximate surface area is 153 Å². The summed E-state index contributed by atoms with van der Waals surface area (Å²) in [6, 6.07) is 2.12. The van der Waals surface area contributed by atoms with Gasteiger partial charge in [0.05, 0.1) is 11.8 Å². The van der Waals surface area contributed by atoms with Crippen molar-refractivity contribution in [3.8, 4) is 0 Å². The standard InChI is InChI=1S/C19H28N6O/c1-2-13(3-1)12-25-15(8-9-21-25)10-20-11-16-6-7-17(26-16)19-22-18(23-24-19)14-4-5-14/h8-9,13-14,16-17,20H,1-7,10-12H2,(H,22,23,24)/t16-,17+/m1/s1. The van der Waals surface area contributed by atoms with Gasteiger partial charge in [-0.05, 0) is 50.5 Å². The molecule has 2 saturated carbocycles. The molecule has 0 aromatic carbocycles. The van der Waals surface area contributed by atoms with Crippen LogP contribution in [0.2, 0.25) is 0 Å². The number of hydrogen-bond acceptors (Lipinski definition) is 5. The van der Waals surface area contributed by atoms with Gasteiger partial charge in [0.1, 0.15) is 6.10 Å². The molecule has 2 aliphatic carbocycles. The molecule has 5 rings (SSSR count). The van der Waals surface area contributed by atoms with Crippen LogP contribution < -0.4 is 5.32 Å². The zero-order chi connectivity index (χ0) is 17.3. The normalized spacial score (nSPS) is 26.3. The fourth-order valence-electron chi connectivity index (χ4n) is 3.97. The number of aromatic nitrogens is 5. The summed E-state index contributed by atoms with van der Waals surface area (Å²) < 4.78 is 8.35. The highest BCUT2D eigenvalue weighted by Crippen LogP contribution is 2.39. The van der Waals surface area contributed by atoms with E-state index in [0.29, 0.717) is 5.92 Å². The van der Waals surface area contributed by atoms with Gasteiger partial charge in [-0.25, -0.2) is 4.98 Å². The lowest BCUT2D eigenvalue weighted by Crippen LogP contribution is -2.28. The minimum atomic E-state index is 0.0749. The zero-order valence-corrected chi connectivity index (χ0v) is 15.2. The highest BCUT2D eigenvalue weighted by atomic mass is 16.5. The van der Waals surface area contributed by atoms with Crippen LogP contribution in [-0.4, -0.2) is 37.6 Å². The molecule has 3 heterocycles. The zero-order valence-electron chi connectivity index (χ0n) is 15.2. The summed E-state index contributed by atoms with van der Waals surface area (Å²) >= 11 is 0. The molecule has 0 spiro atoms. The van der Waals surface area contributed by atoms with Crippen molar-refractivity contribution in [2.24, 2.45) is 5.92 Å². The third-order valence-corrected chi connectivity index (χ3v) is 6.01. The van der Waals surface area contributed by atoms with Crippen LogP contribution in [0.15, 0.2) is 12.3 Å². The van der Waals surface area contributed by atoms with E-state index >= 15 is 0 Å². The summed E-state index contributed by atoms with van der Waals surface area (Å²) in [5.74, 6) is 3.30. The first-order valence-corrected chi connectivity index (χ1v) is 10.1. The van der Waals surface area contributed by atoms with Crippen LogP contribution in [0.25, 0.3) is 0 Å². The molecule has 2 atom stereocenters. The maximum absolute atomic E-state index is 6.18. The summed E-state index contributed by atoms with van der Waals surface area (Å²) in [4.78, 5) is 4.64. The summed E-state index contributed by atoms with van der Waals surface area (Å²) in [6.45, 7) is 2.79. The number of ether oxygens (including phenoxy) is 1. The molecule has 0 bridgehead atoms. The molecule has 0 radical (unpaired) electrons. The Bertz CT molecular complexity index is 732. The second-order valence-electron chi connectivity index (χ2n) is 8.11. The average molecular weight is 356 g/mol. The van der Waals surface area contributed by atoms with Crippen LogP contribution in [0.5, 0.6) is 0 Å². The molecule has 3 fully saturated rings. The average Bonchev–Trinajstić information content (AvgIpc) is 3.02. The quantitative estimate of drug-likeness (QED) is 0.760. The van der Waals surface area contributed by atoms with Crippen LogP contribution in [0.3, 0.4) is 0 Å². The third kappa shape index (κ3) is 3.55. The van der Waals surface area contributed by atoms with Crippen molar-refractivity contribution in [3.05, 3.63) is 29.6 Å². The van der Waals surface area contributed by atoms with Crippen molar-refractivity contribution in [2.75, 3.05) is 6.54 Å². The molecule has 26 heavy (non-hydrogen) atoms. The van der Waals surface area contributed by atoms with E-state index in [0.717, 1.165) is 50.0 Å². The first kappa shape index (κ1) is 16.4. The molecule has 2 aromatic rings. The molecule has 1 saturated heterocycles. The second-order valence-corrected chi connectivity index (χ2v) is 8.11. The van der Waals surface area contributed by atoms with Crippen LogP contribution in [-0.2, 0) is 17.8 Å². The van der Waals surface area contributed by atoms with Crippen LogP contribution >= 0.6 is 0 Å². The van der Waals surface area contributed by atoms with Crippen molar-refractivity contribution in [1.82, 2.24) is 30.3 Å². The largest absolute Gasteiger partial charge is 0.366 e. The smallest absolute Gasteiger partial charge is 0.153 e. The molecule has 7 nitrogen and oxygen atoms in total. The van der Waals surface area contributed by atoms with Crippen molar-refractivity contribution in [1.29, 1.82) is 0 Å². The molecular formula is C19H28N6O. The van der Waals surface area contributed by atoms with E-state index in [2.05, 4.69) is 36.3 Å². The van der Waals surface area contributed by atoms with Gasteiger partial charge in [-0.3, -0.25) is 9.78 Å². The number of H-pyrrole nitrogens is 1. The van der Waals surface area contributed by atoms with Gasteiger partial charge in [0.25, 0.3) is 0 Å². The molecule has 2 aromatic heterocycles. The number of nitrogens with one attached hydrogen (secondary N) is 2. The monoisotopic (exact) mass is 356 g/mol. The number of nitrogens with zero attached hydrogens (tertiary/aromatic N) is 4. The molecule has 2 N–H and O–H groups in total. The van der Waals surface area contributed by atoms with Gasteiger partial charge in [0.2, 0.25) is 0 Å². The van der Waals surface area contributed by atoms with Crippen LogP contribution in [0.1, 0.15) is 74.3 Å². The lowest BCUT2D eigenvalue weighted by Gasteiger charge is -2.26. The number of hydrogen-bond donors (Lipinski definition) is 2. The summed E-state index contributed by atoms with van der Waals surface area (Å²) in [7, 11) is 0. The molecule has 0 unspecified atom stereocenters. The highest BCUT2D eigenvalue weighted by Gasteiger charge is 2.32. The Balaban J connectivity index is 1.08. The molecule has 0 amide bonds. The lowest BCUT2D eigenvalue weighted by atomic mass is 9.85. The van der Waals surface area contributed by atoms with Crippen molar-refractivity contribution in [2.45, 2.75) is 76.2 Å². The minimum absolute atomic E-state index is 0.0749. The third-order valence-electron chi connectivity index (χ3n) is 6.01. The lowest BCUT2D eigenvalue weighted by molar-refractivity contribution is 0.0399. The molecule has 7 heteroatoms. The Hall–Kier alpha value is -1.73. The van der Waals surface area contributed by atoms with Gasteiger partial charge in [0, 0.05) is 31.7 Å². The van der Waals surface area contributed by atoms with E-state index in [4.69, 9.17) is 4.74 Å². The number of aromatic amines is 1. The minimum Gasteiger partial charge on any atom is -0.366 e. The highest BCUT2D eigenvalue weighted by molar-refractivity contribution is 5.07. The van der Waals surface area contributed by atoms with Crippen molar-refractivity contribution in [3.63, 3.8) is 0 Å². The Morgan fingerprint density at radius 1 is 1.19 bits per heavy atom. The molecular weight excluding hydrogens is 328 g/mol. The van der Waals surface area contributed by atoms with Gasteiger partial charge >= 0.3 is 0 Å². The SMILES string of the molecule is c1cc(CNC[C@H]2CC[C@@H](c3nc(C4CC4)n[nH]3)O2)n(CC2CCC2)n1. The molecule has 140 valence electrons. The van der Waals surface area contributed by atoms with Crippen molar-refractivity contribution >= 4 is 0 Å². The van der Waals surface area contributed by atoms with Gasteiger partial charge in [0.15, 0.2) is 11.6 Å². The van der Waals surface area contributed by atoms with E-state index in [1.165, 1.54) is 37.8 Å². The fraction of sp³-hybridized carbons (Fsp3) is 0.737. The Kier molecular flexibility index (Phi) is 4.50. The van der Waals surface area contributed by atoms with Gasteiger partial charge < -0.3 is 10.1 Å². The first-order valence-electron chi connectivity index (χ1n) is 10.1. The summed E-state index contributed by atoms with van der Waals surface area (Å²) in [5, 5.41) is 15.5. The maximum atomic E-state index is 6.18. The summed E-state index contributed by atoms with van der Waals surface area (Å²) in [6.07, 6.45) is 10.9. The fourth-order valence-corrected chi connectivity index (χ4v) is 3.97. The van der Waals surface area contributed by atoms with Crippen LogP contribution in [0.4, 0.5) is 0 Å². The Morgan fingerprint density at radius 2 is 2.12 bits per heavy atom. The van der Waals surface area contributed by atoms with E-state index in [1.54, 1.807) is 0 Å². The predicted molar refractivity (Wildman–Crippen MR) is 96.5 cm³/mol. The first-order chi connectivity index (χ1) is 12.8. The van der Waals surface area contributed by atoms with E-state index in [1.807, 2.05) is 6.20 Å². The van der Waals surface area contributed by atoms with Crippen LogP contribution in [0, 0.1) is 5.92 Å². The van der Waals surface area contributed by atoms with Gasteiger partial charge in [-0.15, -0.1) is 0 Å². The Morgan fingerprint density at radius 3 is 2.92 bits per heavy atom. The summed E-state index contributed by atoms with van der Waals surface area (Å²) in [5.41, 5.74) is 1.27. The van der Waals surface area contributed by atoms with Crippen molar-refractivity contribution < 1.29 is 4.74 Å². The second kappa shape index (κ2) is 7.12.